The van der Waals surface area contributed by atoms with Crippen molar-refractivity contribution in [3.63, 3.8) is 0 Å². The Hall–Kier alpha value is -3.88. The third-order valence-electron chi connectivity index (χ3n) is 6.37. The van der Waals surface area contributed by atoms with Crippen molar-refractivity contribution in [2.75, 3.05) is 37.8 Å². The topological polar surface area (TPSA) is 62.6 Å². The Labute approximate surface area is 206 Å². The van der Waals surface area contributed by atoms with Crippen molar-refractivity contribution >= 4 is 34.4 Å². The number of nitrogens with zero attached hydrogens (tertiary/aromatic N) is 3. The van der Waals surface area contributed by atoms with Crippen molar-refractivity contribution in [2.45, 2.75) is 20.4 Å². The fourth-order valence-electron chi connectivity index (χ4n) is 4.39. The number of piperazine rings is 1. The zero-order valence-corrected chi connectivity index (χ0v) is 20.1. The van der Waals surface area contributed by atoms with Gasteiger partial charge in [-0.15, -0.1) is 0 Å². The lowest BCUT2D eigenvalue weighted by molar-refractivity contribution is -0.129. The van der Waals surface area contributed by atoms with E-state index < -0.39 is 29.5 Å². The van der Waals surface area contributed by atoms with Crippen LogP contribution in [0.5, 0.6) is 0 Å². The fourth-order valence-corrected chi connectivity index (χ4v) is 4.39. The molecule has 0 atom stereocenters. The van der Waals surface area contributed by atoms with Crippen LogP contribution in [-0.2, 0) is 11.3 Å². The number of fused-ring (bicyclic) bond motifs is 1. The molecule has 1 aliphatic heterocycles. The van der Waals surface area contributed by atoms with Crippen LogP contribution in [-0.4, -0.2) is 54.0 Å². The van der Waals surface area contributed by atoms with Gasteiger partial charge in [-0.05, 0) is 24.6 Å². The number of halogens is 3. The third-order valence-corrected chi connectivity index (χ3v) is 6.37. The molecule has 2 aromatic carbocycles. The van der Waals surface area contributed by atoms with Crippen molar-refractivity contribution < 1.29 is 22.8 Å². The number of aryl methyl sites for hydroxylation is 2. The highest BCUT2D eigenvalue weighted by atomic mass is 19.1. The molecule has 188 valence electrons. The Kier molecular flexibility index (Phi) is 7.28. The monoisotopic (exact) mass is 497 g/mol. The number of hydrogen-bond donors (Lipinski definition) is 0. The molecule has 2 heterocycles. The van der Waals surface area contributed by atoms with Crippen LogP contribution in [0.1, 0.15) is 28.4 Å². The zero-order valence-electron chi connectivity index (χ0n) is 20.1. The van der Waals surface area contributed by atoms with E-state index in [9.17, 15) is 18.8 Å². The van der Waals surface area contributed by atoms with Gasteiger partial charge >= 0.3 is 0 Å². The highest BCUT2D eigenvalue weighted by Gasteiger charge is 2.27. The van der Waals surface area contributed by atoms with E-state index in [4.69, 9.17) is 0 Å². The molecule has 0 spiro atoms. The maximum Gasteiger partial charge on any atom is 0.219 e. The first-order valence-corrected chi connectivity index (χ1v) is 11.6. The molecule has 0 saturated carbocycles. The predicted molar refractivity (Wildman–Crippen MR) is 133 cm³/mol. The van der Waals surface area contributed by atoms with Gasteiger partial charge in [-0.25, -0.2) is 13.2 Å². The van der Waals surface area contributed by atoms with Gasteiger partial charge in [0.1, 0.15) is 18.2 Å². The summed E-state index contributed by atoms with van der Waals surface area (Å²) < 4.78 is 45.4. The lowest BCUT2D eigenvalue weighted by Crippen LogP contribution is -2.48. The molecule has 1 fully saturated rings. The van der Waals surface area contributed by atoms with E-state index in [-0.39, 0.29) is 47.7 Å². The summed E-state index contributed by atoms with van der Waals surface area (Å²) in [4.78, 5) is 40.6. The Morgan fingerprint density at radius 3 is 2.33 bits per heavy atom. The maximum atomic E-state index is 15.7. The molecule has 36 heavy (non-hydrogen) atoms. The van der Waals surface area contributed by atoms with Gasteiger partial charge in [0.15, 0.2) is 11.6 Å². The van der Waals surface area contributed by atoms with E-state index >= 15 is 8.78 Å². The van der Waals surface area contributed by atoms with Crippen LogP contribution in [0.25, 0.3) is 17.0 Å². The quantitative estimate of drug-likeness (QED) is 0.380. The summed E-state index contributed by atoms with van der Waals surface area (Å²) in [5.41, 5.74) is 0.0557. The van der Waals surface area contributed by atoms with Crippen LogP contribution in [0.15, 0.2) is 47.4 Å². The van der Waals surface area contributed by atoms with E-state index in [2.05, 4.69) is 0 Å². The Morgan fingerprint density at radius 2 is 1.72 bits per heavy atom. The number of carbonyl (C=O) groups excluding carboxylic acids is 2. The van der Waals surface area contributed by atoms with E-state index in [0.717, 1.165) is 28.0 Å². The van der Waals surface area contributed by atoms with Gasteiger partial charge in [0.05, 0.1) is 23.0 Å². The molecule has 0 N–H and O–H groups in total. The lowest BCUT2D eigenvalue weighted by Gasteiger charge is -2.36. The molecular formula is C27H26F3N3O3. The average molecular weight is 498 g/mol. The number of hydrogen-bond acceptors (Lipinski definition) is 4. The van der Waals surface area contributed by atoms with E-state index in [1.54, 1.807) is 4.90 Å². The number of carbonyl (C=O) groups is 2. The Balaban J connectivity index is 1.77. The minimum atomic E-state index is -0.999. The van der Waals surface area contributed by atoms with Crippen LogP contribution in [0, 0.1) is 18.6 Å². The van der Waals surface area contributed by atoms with Gasteiger partial charge in [-0.2, -0.15) is 0 Å². The first kappa shape index (κ1) is 25.2. The standard InChI is InChI=1S/C27H26F3N3O3/c1-17-3-5-19(6-4-17)7-8-23(35)21-16-33(10-9-28)25-20(27(21)36)15-22(29)26(24(25)30)32-13-11-31(12-14-32)18(2)34/h3-8,15-16H,9-14H2,1-2H3. The van der Waals surface area contributed by atoms with Crippen molar-refractivity contribution in [2.24, 2.45) is 0 Å². The summed E-state index contributed by atoms with van der Waals surface area (Å²) in [5.74, 6) is -2.74. The Morgan fingerprint density at radius 1 is 1.06 bits per heavy atom. The number of allylic oxidation sites excluding steroid dienone is 1. The van der Waals surface area contributed by atoms with Gasteiger partial charge in [0.25, 0.3) is 0 Å². The number of benzene rings is 2. The van der Waals surface area contributed by atoms with Crippen LogP contribution in [0.3, 0.4) is 0 Å². The highest BCUT2D eigenvalue weighted by Crippen LogP contribution is 2.31. The number of ketones is 1. The summed E-state index contributed by atoms with van der Waals surface area (Å²) in [6, 6.07) is 8.27. The molecule has 0 aliphatic carbocycles. The van der Waals surface area contributed by atoms with Crippen LogP contribution >= 0.6 is 0 Å². The zero-order chi connectivity index (χ0) is 26.0. The molecule has 6 nitrogen and oxygen atoms in total. The molecule has 0 bridgehead atoms. The Bertz CT molecular complexity index is 1410. The summed E-state index contributed by atoms with van der Waals surface area (Å²) >= 11 is 0. The first-order valence-electron chi connectivity index (χ1n) is 11.6. The van der Waals surface area contributed by atoms with Crippen LogP contribution < -0.4 is 10.3 Å². The summed E-state index contributed by atoms with van der Waals surface area (Å²) in [6.07, 6.45) is 3.88. The number of aromatic nitrogens is 1. The molecule has 9 heteroatoms. The molecule has 0 radical (unpaired) electrons. The second-order valence-corrected chi connectivity index (χ2v) is 8.77. The second-order valence-electron chi connectivity index (χ2n) is 8.77. The molecule has 1 saturated heterocycles. The summed E-state index contributed by atoms with van der Waals surface area (Å²) in [7, 11) is 0. The molecule has 4 rings (SSSR count). The van der Waals surface area contributed by atoms with Gasteiger partial charge in [-0.1, -0.05) is 35.9 Å². The predicted octanol–water partition coefficient (Wildman–Crippen LogP) is 4.12. The highest BCUT2D eigenvalue weighted by molar-refractivity contribution is 6.08. The number of amides is 1. The minimum Gasteiger partial charge on any atom is -0.363 e. The number of rotatable bonds is 6. The van der Waals surface area contributed by atoms with E-state index in [1.807, 2.05) is 31.2 Å². The minimum absolute atomic E-state index is 0.125. The smallest absolute Gasteiger partial charge is 0.219 e. The van der Waals surface area contributed by atoms with Crippen LogP contribution in [0.2, 0.25) is 0 Å². The lowest BCUT2D eigenvalue weighted by atomic mass is 10.0. The molecule has 1 amide bonds. The van der Waals surface area contributed by atoms with Crippen molar-refractivity contribution in [3.05, 3.63) is 81.2 Å². The molecule has 1 aliphatic rings. The molecule has 0 unspecified atom stereocenters. The second kappa shape index (κ2) is 10.4. The first-order chi connectivity index (χ1) is 17.2. The molecule has 1 aromatic heterocycles. The van der Waals surface area contributed by atoms with Gasteiger partial charge in [0.2, 0.25) is 11.3 Å². The fraction of sp³-hybridized carbons (Fsp3) is 0.296. The molecular weight excluding hydrogens is 471 g/mol. The summed E-state index contributed by atoms with van der Waals surface area (Å²) in [6.45, 7) is 3.15. The van der Waals surface area contributed by atoms with E-state index in [0.29, 0.717) is 13.1 Å². The number of alkyl halides is 1. The number of anilines is 1. The SMILES string of the molecule is CC(=O)N1CCN(c2c(F)cc3c(=O)c(C(=O)C=Cc4ccc(C)cc4)cn(CCF)c3c2F)CC1. The van der Waals surface area contributed by atoms with E-state index in [1.165, 1.54) is 24.0 Å². The number of pyridine rings is 1. The van der Waals surface area contributed by atoms with Gasteiger partial charge in [0, 0.05) is 39.3 Å². The average Bonchev–Trinajstić information content (AvgIpc) is 2.85. The van der Waals surface area contributed by atoms with Crippen LogP contribution in [0.4, 0.5) is 18.9 Å². The maximum absolute atomic E-state index is 15.7. The van der Waals surface area contributed by atoms with Gasteiger partial charge < -0.3 is 14.4 Å². The largest absolute Gasteiger partial charge is 0.363 e. The van der Waals surface area contributed by atoms with Crippen molar-refractivity contribution in [1.29, 1.82) is 0 Å². The van der Waals surface area contributed by atoms with Gasteiger partial charge in [-0.3, -0.25) is 14.4 Å². The molecule has 3 aromatic rings. The third kappa shape index (κ3) is 4.91. The van der Waals surface area contributed by atoms with Crippen molar-refractivity contribution in [3.8, 4) is 0 Å². The normalized spacial score (nSPS) is 14.1. The summed E-state index contributed by atoms with van der Waals surface area (Å²) in [5, 5.41) is -0.334. The van der Waals surface area contributed by atoms with Crippen molar-refractivity contribution in [1.82, 2.24) is 9.47 Å².